The number of aryl methyl sites for hydroxylation is 1. The largest absolute Gasteiger partial charge is 0.437 e. The van der Waals surface area contributed by atoms with Gasteiger partial charge in [-0.25, -0.2) is 9.97 Å². The number of anilines is 1. The van der Waals surface area contributed by atoms with E-state index < -0.39 is 0 Å². The first kappa shape index (κ1) is 18.4. The molecule has 0 saturated carbocycles. The van der Waals surface area contributed by atoms with Crippen molar-refractivity contribution in [1.29, 1.82) is 0 Å². The molecule has 28 heavy (non-hydrogen) atoms. The molecule has 3 aromatic rings. The molecule has 1 saturated heterocycles. The number of hydrogen-bond acceptors (Lipinski definition) is 7. The lowest BCUT2D eigenvalue weighted by atomic mass is 10.0. The molecule has 0 unspecified atom stereocenters. The molecule has 0 amide bonds. The monoisotopic (exact) mass is 379 g/mol. The summed E-state index contributed by atoms with van der Waals surface area (Å²) in [4.78, 5) is 15.4. The fraction of sp³-hybridized carbons (Fsp3) is 0.400. The number of H-pyrrole nitrogens is 1. The van der Waals surface area contributed by atoms with E-state index in [1.54, 1.807) is 18.7 Å². The minimum absolute atomic E-state index is 0.496. The molecular formula is C20H25N7O. The summed E-state index contributed by atoms with van der Waals surface area (Å²) < 4.78 is 6.01. The molecule has 4 heterocycles. The molecule has 0 spiro atoms. The number of nitrogens with zero attached hydrogens (tertiary/aromatic N) is 5. The van der Waals surface area contributed by atoms with E-state index in [4.69, 9.17) is 4.74 Å². The summed E-state index contributed by atoms with van der Waals surface area (Å²) in [6.45, 7) is 6.65. The molecule has 2 N–H and O–H groups in total. The second-order valence-electron chi connectivity index (χ2n) is 7.04. The predicted octanol–water partition coefficient (Wildman–Crippen LogP) is 2.76. The van der Waals surface area contributed by atoms with Crippen LogP contribution in [-0.4, -0.2) is 44.3 Å². The summed E-state index contributed by atoms with van der Waals surface area (Å²) in [5.41, 5.74) is 2.91. The Hall–Kier alpha value is -3.00. The molecule has 146 valence electrons. The highest BCUT2D eigenvalue weighted by Gasteiger charge is 2.22. The van der Waals surface area contributed by atoms with Gasteiger partial charge in [0.2, 0.25) is 5.88 Å². The quantitative estimate of drug-likeness (QED) is 0.680. The van der Waals surface area contributed by atoms with Crippen LogP contribution in [0.5, 0.6) is 11.6 Å². The summed E-state index contributed by atoms with van der Waals surface area (Å²) in [5.74, 6) is 2.25. The van der Waals surface area contributed by atoms with Crippen molar-refractivity contribution in [1.82, 2.24) is 30.5 Å². The van der Waals surface area contributed by atoms with Gasteiger partial charge in [0.15, 0.2) is 5.75 Å². The molecular weight excluding hydrogens is 354 g/mol. The van der Waals surface area contributed by atoms with Gasteiger partial charge in [0.25, 0.3) is 0 Å². The van der Waals surface area contributed by atoms with Crippen LogP contribution in [0.2, 0.25) is 0 Å². The maximum absolute atomic E-state index is 6.01. The number of rotatable bonds is 6. The first-order valence-corrected chi connectivity index (χ1v) is 9.58. The molecule has 0 radical (unpaired) electrons. The first-order chi connectivity index (χ1) is 13.7. The van der Waals surface area contributed by atoms with Gasteiger partial charge in [0.1, 0.15) is 12.1 Å². The van der Waals surface area contributed by atoms with E-state index in [1.165, 1.54) is 0 Å². The summed E-state index contributed by atoms with van der Waals surface area (Å²) in [6, 6.07) is 6.26. The molecule has 0 aromatic carbocycles. The average Bonchev–Trinajstić information content (AvgIpc) is 3.24. The fourth-order valence-corrected chi connectivity index (χ4v) is 3.46. The minimum atomic E-state index is 0.496. The molecule has 3 aromatic heterocycles. The summed E-state index contributed by atoms with van der Waals surface area (Å²) in [6.07, 6.45) is 7.24. The number of hydrogen-bond donors (Lipinski definition) is 2. The van der Waals surface area contributed by atoms with Crippen LogP contribution in [0.15, 0.2) is 36.9 Å². The molecule has 1 aliphatic rings. The Morgan fingerprint density at radius 2 is 2.00 bits per heavy atom. The van der Waals surface area contributed by atoms with E-state index in [9.17, 15) is 0 Å². The van der Waals surface area contributed by atoms with Crippen molar-refractivity contribution in [3.05, 3.63) is 53.9 Å². The highest BCUT2D eigenvalue weighted by molar-refractivity contribution is 5.51. The highest BCUT2D eigenvalue weighted by atomic mass is 16.5. The van der Waals surface area contributed by atoms with Crippen molar-refractivity contribution in [2.24, 2.45) is 0 Å². The van der Waals surface area contributed by atoms with Crippen LogP contribution in [-0.2, 0) is 6.54 Å². The van der Waals surface area contributed by atoms with Crippen molar-refractivity contribution >= 4 is 5.82 Å². The van der Waals surface area contributed by atoms with Crippen molar-refractivity contribution in [3.63, 3.8) is 0 Å². The maximum atomic E-state index is 6.01. The number of nitrogens with one attached hydrogen (secondary N) is 2. The van der Waals surface area contributed by atoms with Gasteiger partial charge in [0.05, 0.1) is 11.3 Å². The first-order valence-electron chi connectivity index (χ1n) is 9.58. The summed E-state index contributed by atoms with van der Waals surface area (Å²) >= 11 is 0. The number of piperidine rings is 1. The van der Waals surface area contributed by atoms with E-state index in [2.05, 4.69) is 35.4 Å². The van der Waals surface area contributed by atoms with Gasteiger partial charge in [-0.15, -0.1) is 0 Å². The van der Waals surface area contributed by atoms with Crippen LogP contribution in [0.3, 0.4) is 0 Å². The lowest BCUT2D eigenvalue weighted by molar-refractivity contribution is 0.408. The van der Waals surface area contributed by atoms with E-state index >= 15 is 0 Å². The Morgan fingerprint density at radius 1 is 1.14 bits per heavy atom. The Kier molecular flexibility index (Phi) is 5.48. The zero-order chi connectivity index (χ0) is 19.3. The third-order valence-electron chi connectivity index (χ3n) is 5.11. The third-order valence-corrected chi connectivity index (χ3v) is 5.11. The van der Waals surface area contributed by atoms with Gasteiger partial charge in [-0.2, -0.15) is 5.10 Å². The summed E-state index contributed by atoms with van der Waals surface area (Å²) in [7, 11) is 0. The van der Waals surface area contributed by atoms with Crippen LogP contribution < -0.4 is 15.0 Å². The fourth-order valence-electron chi connectivity index (χ4n) is 3.46. The van der Waals surface area contributed by atoms with Gasteiger partial charge in [-0.05, 0) is 44.9 Å². The minimum Gasteiger partial charge on any atom is -0.437 e. The molecule has 1 fully saturated rings. The zero-order valence-corrected chi connectivity index (χ0v) is 16.2. The Labute approximate surface area is 164 Å². The molecule has 0 bridgehead atoms. The second-order valence-corrected chi connectivity index (χ2v) is 7.04. The lowest BCUT2D eigenvalue weighted by Crippen LogP contribution is -2.42. The molecule has 8 heteroatoms. The van der Waals surface area contributed by atoms with Gasteiger partial charge in [-0.3, -0.25) is 10.1 Å². The van der Waals surface area contributed by atoms with Gasteiger partial charge >= 0.3 is 0 Å². The number of pyridine rings is 1. The number of aromatic nitrogens is 5. The van der Waals surface area contributed by atoms with Crippen molar-refractivity contribution in [3.8, 4) is 11.6 Å². The Balaban J connectivity index is 1.39. The van der Waals surface area contributed by atoms with E-state index in [0.29, 0.717) is 11.9 Å². The van der Waals surface area contributed by atoms with E-state index in [0.717, 1.165) is 61.0 Å². The van der Waals surface area contributed by atoms with Gasteiger partial charge in [-0.1, -0.05) is 0 Å². The van der Waals surface area contributed by atoms with Crippen molar-refractivity contribution < 1.29 is 4.74 Å². The number of ether oxygens (including phenoxy) is 1. The van der Waals surface area contributed by atoms with Crippen molar-refractivity contribution in [2.45, 2.75) is 39.3 Å². The molecule has 1 aliphatic heterocycles. The zero-order valence-electron chi connectivity index (χ0n) is 16.2. The molecule has 0 atom stereocenters. The van der Waals surface area contributed by atoms with Crippen molar-refractivity contribution in [2.75, 3.05) is 18.0 Å². The van der Waals surface area contributed by atoms with Gasteiger partial charge < -0.3 is 15.0 Å². The topological polar surface area (TPSA) is 91.8 Å². The second kappa shape index (κ2) is 8.35. The average molecular weight is 379 g/mol. The lowest BCUT2D eigenvalue weighted by Gasteiger charge is -2.34. The molecule has 4 rings (SSSR count). The molecule has 8 nitrogen and oxygen atoms in total. The maximum Gasteiger partial charge on any atom is 0.227 e. The van der Waals surface area contributed by atoms with Crippen LogP contribution in [0.1, 0.15) is 29.8 Å². The smallest absolute Gasteiger partial charge is 0.227 e. The standard InChI is InChI=1S/C20H25N7O/c1-14-19(23-13-24-20(14)28-18-4-3-8-21-15(18)2)27-10-6-16(7-11-27)22-12-17-5-9-25-26-17/h3-5,8-9,13,16,22H,6-7,10-12H2,1-2H3,(H,25,26). The van der Waals surface area contributed by atoms with Crippen LogP contribution >= 0.6 is 0 Å². The van der Waals surface area contributed by atoms with Crippen LogP contribution in [0.4, 0.5) is 5.82 Å². The summed E-state index contributed by atoms with van der Waals surface area (Å²) in [5, 5.41) is 10.6. The SMILES string of the molecule is Cc1ncccc1Oc1ncnc(N2CCC(NCc3ccn[nH]3)CC2)c1C. The third kappa shape index (κ3) is 4.12. The predicted molar refractivity (Wildman–Crippen MR) is 106 cm³/mol. The number of aromatic amines is 1. The Bertz CT molecular complexity index is 905. The molecule has 0 aliphatic carbocycles. The Morgan fingerprint density at radius 3 is 2.75 bits per heavy atom. The van der Waals surface area contributed by atoms with Crippen LogP contribution in [0, 0.1) is 13.8 Å². The van der Waals surface area contributed by atoms with E-state index in [-0.39, 0.29) is 0 Å². The highest BCUT2D eigenvalue weighted by Crippen LogP contribution is 2.30. The van der Waals surface area contributed by atoms with E-state index in [1.807, 2.05) is 32.0 Å². The van der Waals surface area contributed by atoms with Crippen LogP contribution in [0.25, 0.3) is 0 Å². The normalized spacial score (nSPS) is 15.0. The van der Waals surface area contributed by atoms with Gasteiger partial charge in [0, 0.05) is 43.8 Å².